The number of anilines is 1. The molecule has 0 bridgehead atoms. The average Bonchev–Trinajstić information content (AvgIpc) is 2.40. The molecule has 1 saturated heterocycles. The number of halogens is 1. The molecule has 1 aliphatic heterocycles. The Balaban J connectivity index is 1.96. The summed E-state index contributed by atoms with van der Waals surface area (Å²) in [5.74, 6) is 0.144. The first-order valence-electron chi connectivity index (χ1n) is 6.40. The Bertz CT molecular complexity index is 584. The number of hydrogen-bond acceptors (Lipinski definition) is 3. The van der Waals surface area contributed by atoms with E-state index in [0.717, 1.165) is 0 Å². The zero-order valence-electron chi connectivity index (χ0n) is 11.1. The van der Waals surface area contributed by atoms with Crippen LogP contribution in [0.1, 0.15) is 23.2 Å². The van der Waals surface area contributed by atoms with Gasteiger partial charge < -0.3 is 15.7 Å². The lowest BCUT2D eigenvalue weighted by atomic mass is 10.1. The molecule has 0 saturated carbocycles. The molecule has 0 spiro atoms. The fourth-order valence-electron chi connectivity index (χ4n) is 2.08. The summed E-state index contributed by atoms with van der Waals surface area (Å²) in [5, 5.41) is 14.4. The Hall–Kier alpha value is -1.41. The summed E-state index contributed by atoms with van der Waals surface area (Å²) >= 11 is 3.21. The van der Waals surface area contributed by atoms with E-state index in [4.69, 9.17) is 5.11 Å². The summed E-state index contributed by atoms with van der Waals surface area (Å²) in [6.45, 7) is 0. The number of carbonyl (C=O) groups excluding carboxylic acids is 1. The fourth-order valence-corrected chi connectivity index (χ4v) is 3.87. The lowest BCUT2D eigenvalue weighted by Gasteiger charge is -2.22. The molecule has 2 amide bonds. The van der Waals surface area contributed by atoms with Gasteiger partial charge in [-0.15, -0.1) is 0 Å². The molecule has 114 valence electrons. The Morgan fingerprint density at radius 1 is 1.24 bits per heavy atom. The van der Waals surface area contributed by atoms with Gasteiger partial charge in [-0.3, -0.25) is 4.21 Å². The Kier molecular flexibility index (Phi) is 5.35. The Morgan fingerprint density at radius 3 is 2.52 bits per heavy atom. The first-order chi connectivity index (χ1) is 9.94. The van der Waals surface area contributed by atoms with E-state index in [9.17, 15) is 13.8 Å². The smallest absolute Gasteiger partial charge is 0.335 e. The molecule has 1 heterocycles. The molecule has 0 aromatic heterocycles. The number of hydrogen-bond donors (Lipinski definition) is 3. The zero-order valence-corrected chi connectivity index (χ0v) is 13.5. The number of carbonyl (C=O) groups is 2. The van der Waals surface area contributed by atoms with Crippen molar-refractivity contribution in [2.45, 2.75) is 18.9 Å². The second kappa shape index (κ2) is 7.04. The summed E-state index contributed by atoms with van der Waals surface area (Å²) in [7, 11) is -0.768. The molecular formula is C13H15BrN2O4S. The standard InChI is InChI=1S/C13H15BrN2O4S/c14-9-5-8(12(17)18)6-11(7-9)16-13(19)15-10-1-3-21(20)4-2-10/h5-7,10H,1-4H2,(H,17,18)(H2,15,16,19). The van der Waals surface area contributed by atoms with Crippen molar-refractivity contribution in [2.24, 2.45) is 0 Å². The third-order valence-electron chi connectivity index (χ3n) is 3.13. The quantitative estimate of drug-likeness (QED) is 0.755. The largest absolute Gasteiger partial charge is 0.478 e. The van der Waals surface area contributed by atoms with Gasteiger partial charge in [0.25, 0.3) is 0 Å². The Labute approximate surface area is 132 Å². The molecule has 2 rings (SSSR count). The molecule has 8 heteroatoms. The number of aromatic carboxylic acids is 1. The first kappa shape index (κ1) is 16.0. The van der Waals surface area contributed by atoms with Crippen molar-refractivity contribution in [3.05, 3.63) is 28.2 Å². The van der Waals surface area contributed by atoms with Crippen LogP contribution in [-0.4, -0.2) is 38.9 Å². The van der Waals surface area contributed by atoms with Crippen molar-refractivity contribution in [1.29, 1.82) is 0 Å². The van der Waals surface area contributed by atoms with Gasteiger partial charge in [-0.05, 0) is 31.0 Å². The summed E-state index contributed by atoms with van der Waals surface area (Å²) in [5.41, 5.74) is 0.492. The van der Waals surface area contributed by atoms with Crippen molar-refractivity contribution in [1.82, 2.24) is 5.32 Å². The normalized spacial score (nSPS) is 21.6. The van der Waals surface area contributed by atoms with E-state index in [-0.39, 0.29) is 17.6 Å². The van der Waals surface area contributed by atoms with Crippen LogP contribution < -0.4 is 10.6 Å². The summed E-state index contributed by atoms with van der Waals surface area (Å²) < 4.78 is 11.8. The van der Waals surface area contributed by atoms with Crippen LogP contribution in [0.15, 0.2) is 22.7 Å². The predicted molar refractivity (Wildman–Crippen MR) is 84.2 cm³/mol. The molecule has 0 unspecified atom stereocenters. The highest BCUT2D eigenvalue weighted by atomic mass is 79.9. The van der Waals surface area contributed by atoms with Gasteiger partial charge in [0.05, 0.1) is 5.56 Å². The maximum absolute atomic E-state index is 11.9. The molecule has 1 aromatic rings. The van der Waals surface area contributed by atoms with Crippen LogP contribution in [0, 0.1) is 0 Å². The minimum Gasteiger partial charge on any atom is -0.478 e. The SMILES string of the molecule is O=C(Nc1cc(Br)cc(C(=O)O)c1)NC1CCS(=O)CC1. The van der Waals surface area contributed by atoms with Gasteiger partial charge in [0.2, 0.25) is 0 Å². The number of amides is 2. The predicted octanol–water partition coefficient (Wildman–Crippen LogP) is 2.18. The number of benzene rings is 1. The van der Waals surface area contributed by atoms with Gasteiger partial charge in [-0.25, -0.2) is 9.59 Å². The minimum atomic E-state index is -1.06. The van der Waals surface area contributed by atoms with Crippen molar-refractivity contribution < 1.29 is 18.9 Å². The van der Waals surface area contributed by atoms with Crippen LogP contribution in [0.25, 0.3) is 0 Å². The topological polar surface area (TPSA) is 95.5 Å². The van der Waals surface area contributed by atoms with Crippen molar-refractivity contribution in [3.8, 4) is 0 Å². The van der Waals surface area contributed by atoms with Crippen LogP contribution in [0.4, 0.5) is 10.5 Å². The van der Waals surface area contributed by atoms with Crippen LogP contribution in [0.3, 0.4) is 0 Å². The van der Waals surface area contributed by atoms with Gasteiger partial charge >= 0.3 is 12.0 Å². The molecule has 1 fully saturated rings. The molecule has 0 atom stereocenters. The molecular weight excluding hydrogens is 360 g/mol. The van der Waals surface area contributed by atoms with E-state index >= 15 is 0 Å². The van der Waals surface area contributed by atoms with Gasteiger partial charge in [0.15, 0.2) is 0 Å². The molecule has 0 aliphatic carbocycles. The highest BCUT2D eigenvalue weighted by Crippen LogP contribution is 2.20. The van der Waals surface area contributed by atoms with E-state index in [1.54, 1.807) is 6.07 Å². The van der Waals surface area contributed by atoms with Gasteiger partial charge in [0.1, 0.15) is 0 Å². The molecule has 0 radical (unpaired) electrons. The molecule has 6 nitrogen and oxygen atoms in total. The van der Waals surface area contributed by atoms with Gasteiger partial charge in [0, 0.05) is 38.5 Å². The van der Waals surface area contributed by atoms with Crippen LogP contribution in [-0.2, 0) is 10.8 Å². The molecule has 1 aliphatic rings. The third-order valence-corrected chi connectivity index (χ3v) is 4.97. The second-order valence-corrected chi connectivity index (χ2v) is 7.37. The van der Waals surface area contributed by atoms with E-state index in [2.05, 4.69) is 26.6 Å². The maximum Gasteiger partial charge on any atom is 0.335 e. The highest BCUT2D eigenvalue weighted by Gasteiger charge is 2.19. The van der Waals surface area contributed by atoms with Crippen molar-refractivity contribution >= 4 is 44.4 Å². The summed E-state index contributed by atoms with van der Waals surface area (Å²) in [6, 6.07) is 4.10. The van der Waals surface area contributed by atoms with Crippen molar-refractivity contribution in [2.75, 3.05) is 16.8 Å². The van der Waals surface area contributed by atoms with Gasteiger partial charge in [-0.2, -0.15) is 0 Å². The monoisotopic (exact) mass is 374 g/mol. The van der Waals surface area contributed by atoms with E-state index < -0.39 is 16.8 Å². The van der Waals surface area contributed by atoms with E-state index in [1.165, 1.54) is 12.1 Å². The van der Waals surface area contributed by atoms with Gasteiger partial charge in [-0.1, -0.05) is 15.9 Å². The maximum atomic E-state index is 11.9. The Morgan fingerprint density at radius 2 is 1.90 bits per heavy atom. The third kappa shape index (κ3) is 4.82. The average molecular weight is 375 g/mol. The number of nitrogens with one attached hydrogen (secondary N) is 2. The van der Waals surface area contributed by atoms with Crippen LogP contribution in [0.5, 0.6) is 0 Å². The number of rotatable bonds is 3. The van der Waals surface area contributed by atoms with E-state index in [1.807, 2.05) is 0 Å². The highest BCUT2D eigenvalue weighted by molar-refractivity contribution is 9.10. The number of carboxylic acids is 1. The lowest BCUT2D eigenvalue weighted by Crippen LogP contribution is -2.41. The lowest BCUT2D eigenvalue weighted by molar-refractivity contribution is 0.0697. The molecule has 3 N–H and O–H groups in total. The summed E-state index contributed by atoms with van der Waals surface area (Å²) in [6.07, 6.45) is 1.39. The van der Waals surface area contributed by atoms with Crippen LogP contribution >= 0.6 is 15.9 Å². The van der Waals surface area contributed by atoms with E-state index in [0.29, 0.717) is 34.5 Å². The molecule has 21 heavy (non-hydrogen) atoms. The zero-order chi connectivity index (χ0) is 15.4. The number of urea groups is 1. The molecule has 1 aromatic carbocycles. The first-order valence-corrected chi connectivity index (χ1v) is 8.68. The second-order valence-electron chi connectivity index (χ2n) is 4.75. The number of carboxylic acid groups (broad SMARTS) is 1. The summed E-state index contributed by atoms with van der Waals surface area (Å²) in [4.78, 5) is 22.9. The fraction of sp³-hybridized carbons (Fsp3) is 0.385. The van der Waals surface area contributed by atoms with Crippen LogP contribution in [0.2, 0.25) is 0 Å². The minimum absolute atomic E-state index is 0.00815. The van der Waals surface area contributed by atoms with Crippen molar-refractivity contribution in [3.63, 3.8) is 0 Å².